The van der Waals surface area contributed by atoms with Crippen LogP contribution in [0.25, 0.3) is 0 Å². The lowest BCUT2D eigenvalue weighted by Gasteiger charge is -2.12. The number of carbonyl (C=O) groups excluding carboxylic acids is 1. The average molecular weight is 296 g/mol. The Hall–Kier alpha value is -1.41. The summed E-state index contributed by atoms with van der Waals surface area (Å²) >= 11 is -3.54. The van der Waals surface area contributed by atoms with Gasteiger partial charge < -0.3 is 4.74 Å². The topological polar surface area (TPSA) is 52.6 Å². The van der Waals surface area contributed by atoms with Crippen LogP contribution in [0.2, 0.25) is 0 Å². The normalized spacial score (nSPS) is 14.7. The zero-order valence-corrected chi connectivity index (χ0v) is 10.7. The van der Waals surface area contributed by atoms with Gasteiger partial charge in [0.15, 0.2) is 6.10 Å². The van der Waals surface area contributed by atoms with Gasteiger partial charge in [-0.2, -0.15) is 13.2 Å². The van der Waals surface area contributed by atoms with Crippen LogP contribution in [0, 0.1) is 0 Å². The molecule has 1 unspecified atom stereocenters. The highest BCUT2D eigenvalue weighted by molar-refractivity contribution is 7.81. The number of alkyl halides is 3. The minimum absolute atomic E-state index is 0.0912. The van der Waals surface area contributed by atoms with Gasteiger partial charge in [-0.05, 0) is 12.5 Å². The molecule has 8 heteroatoms. The molecule has 0 fully saturated rings. The van der Waals surface area contributed by atoms with Gasteiger partial charge in [0.1, 0.15) is 6.61 Å². The van der Waals surface area contributed by atoms with Crippen LogP contribution >= 0.6 is 0 Å². The first-order chi connectivity index (χ1) is 8.80. The molecular weight excluding hydrogens is 285 g/mol. The molecule has 0 aromatic heterocycles. The number of hydrogen-bond acceptors (Lipinski definition) is 4. The van der Waals surface area contributed by atoms with Gasteiger partial charge in [0.25, 0.3) is 11.1 Å². The lowest BCUT2D eigenvalue weighted by molar-refractivity contribution is -0.152. The van der Waals surface area contributed by atoms with Gasteiger partial charge in [0.2, 0.25) is 0 Å². The van der Waals surface area contributed by atoms with E-state index in [2.05, 4.69) is 4.18 Å². The van der Waals surface area contributed by atoms with Gasteiger partial charge in [0, 0.05) is 0 Å². The van der Waals surface area contributed by atoms with E-state index in [-0.39, 0.29) is 6.61 Å². The largest absolute Gasteiger partial charge is 0.497 e. The predicted octanol–water partition coefficient (Wildman–Crippen LogP) is 2.32. The third-order valence-corrected chi connectivity index (χ3v) is 2.82. The molecule has 106 valence electrons. The first-order valence-electron chi connectivity index (χ1n) is 5.17. The fourth-order valence-electron chi connectivity index (χ4n) is 1.07. The fourth-order valence-corrected chi connectivity index (χ4v) is 1.52. The molecular formula is C11H11F3O4S. The Bertz CT molecular complexity index is 447. The van der Waals surface area contributed by atoms with Gasteiger partial charge in [0.05, 0.1) is 0 Å². The number of benzene rings is 1. The lowest BCUT2D eigenvalue weighted by Crippen LogP contribution is -2.29. The van der Waals surface area contributed by atoms with Crippen LogP contribution in [0.4, 0.5) is 13.2 Å². The maximum absolute atomic E-state index is 11.9. The van der Waals surface area contributed by atoms with Crippen LogP contribution in [0.5, 0.6) is 0 Å². The second-order valence-electron chi connectivity index (χ2n) is 3.51. The molecule has 4 nitrogen and oxygen atoms in total. The average Bonchev–Trinajstić information content (AvgIpc) is 2.35. The fraction of sp³-hybridized carbons (Fsp3) is 0.364. The van der Waals surface area contributed by atoms with Crippen molar-refractivity contribution in [1.82, 2.24) is 0 Å². The highest BCUT2D eigenvalue weighted by Crippen LogP contribution is 2.22. The van der Waals surface area contributed by atoms with Gasteiger partial charge in [-0.15, -0.1) is 0 Å². The molecule has 0 bridgehead atoms. The summed E-state index contributed by atoms with van der Waals surface area (Å²) in [6, 6.07) is 8.59. The monoisotopic (exact) mass is 296 g/mol. The van der Waals surface area contributed by atoms with Crippen LogP contribution < -0.4 is 0 Å². The van der Waals surface area contributed by atoms with Crippen molar-refractivity contribution in [3.8, 4) is 0 Å². The molecule has 0 spiro atoms. The number of rotatable bonds is 5. The number of ether oxygens (including phenoxy) is 1. The quantitative estimate of drug-likeness (QED) is 0.782. The SMILES string of the molecule is C[C@H](OS(=O)C(F)(F)F)C(=O)OCc1ccccc1. The Morgan fingerprint density at radius 3 is 2.42 bits per heavy atom. The Morgan fingerprint density at radius 2 is 1.89 bits per heavy atom. The van der Waals surface area contributed by atoms with Crippen molar-refractivity contribution in [2.45, 2.75) is 25.1 Å². The highest BCUT2D eigenvalue weighted by Gasteiger charge is 2.40. The van der Waals surface area contributed by atoms with E-state index in [0.29, 0.717) is 5.56 Å². The molecule has 0 aliphatic heterocycles. The summed E-state index contributed by atoms with van der Waals surface area (Å²) < 4.78 is 55.2. The van der Waals surface area contributed by atoms with Crippen molar-refractivity contribution >= 4 is 17.0 Å². The lowest BCUT2D eigenvalue weighted by atomic mass is 10.2. The standard InChI is InChI=1S/C11H11F3O4S/c1-8(18-19(16)11(12,13)14)10(15)17-7-9-5-3-2-4-6-9/h2-6,8H,7H2,1H3/t8-,19?/m0/s1. The number of carbonyl (C=O) groups is 1. The maximum Gasteiger partial charge on any atom is 0.497 e. The summed E-state index contributed by atoms with van der Waals surface area (Å²) in [5.74, 6) is -1.01. The van der Waals surface area contributed by atoms with E-state index in [1.165, 1.54) is 0 Å². The molecule has 0 aliphatic rings. The van der Waals surface area contributed by atoms with Crippen LogP contribution in [0.3, 0.4) is 0 Å². The highest BCUT2D eigenvalue weighted by atomic mass is 32.2. The number of halogens is 3. The second-order valence-corrected chi connectivity index (χ2v) is 4.64. The summed E-state index contributed by atoms with van der Waals surface area (Å²) in [6.07, 6.45) is -1.56. The molecule has 0 saturated carbocycles. The minimum Gasteiger partial charge on any atom is -0.459 e. The smallest absolute Gasteiger partial charge is 0.459 e. The Balaban J connectivity index is 2.43. The predicted molar refractivity (Wildman–Crippen MR) is 61.0 cm³/mol. The zero-order chi connectivity index (χ0) is 14.5. The van der Waals surface area contributed by atoms with E-state index in [0.717, 1.165) is 6.92 Å². The van der Waals surface area contributed by atoms with E-state index in [1.807, 2.05) is 0 Å². The zero-order valence-electron chi connectivity index (χ0n) is 9.85. The van der Waals surface area contributed by atoms with E-state index in [1.54, 1.807) is 30.3 Å². The number of hydrogen-bond donors (Lipinski definition) is 0. The summed E-state index contributed by atoms with van der Waals surface area (Å²) in [6.45, 7) is 0.947. The van der Waals surface area contributed by atoms with Crippen molar-refractivity contribution in [3.05, 3.63) is 35.9 Å². The van der Waals surface area contributed by atoms with Crippen molar-refractivity contribution in [3.63, 3.8) is 0 Å². The minimum atomic E-state index is -5.02. The van der Waals surface area contributed by atoms with E-state index < -0.39 is 28.7 Å². The Morgan fingerprint density at radius 1 is 1.32 bits per heavy atom. The van der Waals surface area contributed by atoms with Gasteiger partial charge in [-0.1, -0.05) is 30.3 Å². The molecule has 1 aromatic rings. The van der Waals surface area contributed by atoms with Crippen LogP contribution in [0.1, 0.15) is 12.5 Å². The molecule has 2 atom stereocenters. The van der Waals surface area contributed by atoms with Crippen LogP contribution in [-0.4, -0.2) is 21.8 Å². The molecule has 0 saturated heterocycles. The second kappa shape index (κ2) is 6.67. The third-order valence-electron chi connectivity index (χ3n) is 1.98. The number of esters is 1. The molecule has 1 aromatic carbocycles. The van der Waals surface area contributed by atoms with E-state index in [9.17, 15) is 22.2 Å². The van der Waals surface area contributed by atoms with Gasteiger partial charge in [-0.3, -0.25) is 4.18 Å². The molecule has 19 heavy (non-hydrogen) atoms. The molecule has 0 radical (unpaired) electrons. The van der Waals surface area contributed by atoms with Crippen LogP contribution in [-0.2, 0) is 31.4 Å². The first-order valence-corrected chi connectivity index (χ1v) is 6.24. The van der Waals surface area contributed by atoms with Crippen molar-refractivity contribution in [2.75, 3.05) is 0 Å². The molecule has 0 amide bonds. The molecule has 0 aliphatic carbocycles. The van der Waals surface area contributed by atoms with Crippen LogP contribution in [0.15, 0.2) is 30.3 Å². The summed E-state index contributed by atoms with van der Waals surface area (Å²) in [4.78, 5) is 11.3. The van der Waals surface area contributed by atoms with E-state index in [4.69, 9.17) is 4.74 Å². The third kappa shape index (κ3) is 5.39. The Labute approximate surface area is 110 Å². The summed E-state index contributed by atoms with van der Waals surface area (Å²) in [5.41, 5.74) is -4.34. The van der Waals surface area contributed by atoms with Crippen molar-refractivity contribution in [2.24, 2.45) is 0 Å². The maximum atomic E-state index is 11.9. The van der Waals surface area contributed by atoms with E-state index >= 15 is 0 Å². The first kappa shape index (κ1) is 15.6. The van der Waals surface area contributed by atoms with Gasteiger partial charge in [-0.25, -0.2) is 9.00 Å². The Kier molecular flexibility index (Phi) is 5.49. The molecule has 0 heterocycles. The summed E-state index contributed by atoms with van der Waals surface area (Å²) in [5, 5.41) is 0. The van der Waals surface area contributed by atoms with Crippen molar-refractivity contribution < 1.29 is 31.1 Å². The molecule has 0 N–H and O–H groups in total. The van der Waals surface area contributed by atoms with Crippen molar-refractivity contribution in [1.29, 1.82) is 0 Å². The van der Waals surface area contributed by atoms with Gasteiger partial charge >= 0.3 is 11.5 Å². The molecule has 1 rings (SSSR count). The summed E-state index contributed by atoms with van der Waals surface area (Å²) in [7, 11) is 0.